The first-order chi connectivity index (χ1) is 6.63. The highest BCUT2D eigenvalue weighted by atomic mass is 16.3. The summed E-state index contributed by atoms with van der Waals surface area (Å²) in [6, 6.07) is 0.242. The lowest BCUT2D eigenvalue weighted by Gasteiger charge is -2.28. The largest absolute Gasteiger partial charge is 0.393 e. The van der Waals surface area contributed by atoms with Crippen LogP contribution < -0.4 is 10.6 Å². The molecule has 0 unspecified atom stereocenters. The van der Waals surface area contributed by atoms with Crippen LogP contribution in [0.1, 0.15) is 32.6 Å². The van der Waals surface area contributed by atoms with Crippen molar-refractivity contribution in [1.29, 1.82) is 0 Å². The van der Waals surface area contributed by atoms with Crippen LogP contribution in [0.2, 0.25) is 0 Å². The molecule has 0 aromatic rings. The average Bonchev–Trinajstić information content (AvgIpc) is 2.20. The summed E-state index contributed by atoms with van der Waals surface area (Å²) in [6.45, 7) is 1.86. The van der Waals surface area contributed by atoms with Crippen LogP contribution in [0, 0.1) is 0 Å². The topological polar surface area (TPSA) is 61.4 Å². The van der Waals surface area contributed by atoms with Crippen molar-refractivity contribution in [3.8, 4) is 0 Å². The number of amides is 1. The van der Waals surface area contributed by atoms with Gasteiger partial charge in [-0.15, -0.1) is 0 Å². The highest BCUT2D eigenvalue weighted by Crippen LogP contribution is 2.18. The Bertz CT molecular complexity index is 189. The molecule has 1 fully saturated rings. The molecule has 1 aliphatic carbocycles. The molecule has 0 saturated heterocycles. The zero-order valence-corrected chi connectivity index (χ0v) is 8.92. The van der Waals surface area contributed by atoms with Gasteiger partial charge in [0.2, 0.25) is 5.91 Å². The van der Waals surface area contributed by atoms with Gasteiger partial charge in [0.25, 0.3) is 0 Å². The van der Waals surface area contributed by atoms with E-state index in [0.29, 0.717) is 6.04 Å². The summed E-state index contributed by atoms with van der Waals surface area (Å²) < 4.78 is 0. The van der Waals surface area contributed by atoms with Gasteiger partial charge in [-0.25, -0.2) is 0 Å². The van der Waals surface area contributed by atoms with Gasteiger partial charge in [-0.05, 0) is 32.6 Å². The lowest BCUT2D eigenvalue weighted by Crippen LogP contribution is -2.47. The predicted octanol–water partition coefficient (Wildman–Crippen LogP) is 0.0140. The van der Waals surface area contributed by atoms with Crippen molar-refractivity contribution >= 4 is 5.91 Å². The first-order valence-electron chi connectivity index (χ1n) is 5.29. The molecular formula is C10H20N2O2. The quantitative estimate of drug-likeness (QED) is 0.601. The first-order valence-corrected chi connectivity index (χ1v) is 5.29. The van der Waals surface area contributed by atoms with E-state index in [4.69, 9.17) is 0 Å². The number of carbonyl (C=O) groups excluding carboxylic acids is 1. The predicted molar refractivity (Wildman–Crippen MR) is 54.9 cm³/mol. The molecule has 0 radical (unpaired) electrons. The average molecular weight is 200 g/mol. The fourth-order valence-electron chi connectivity index (χ4n) is 1.89. The van der Waals surface area contributed by atoms with E-state index in [0.717, 1.165) is 25.7 Å². The van der Waals surface area contributed by atoms with Gasteiger partial charge in [-0.2, -0.15) is 0 Å². The van der Waals surface area contributed by atoms with Gasteiger partial charge in [-0.3, -0.25) is 4.79 Å². The summed E-state index contributed by atoms with van der Waals surface area (Å²) in [6.07, 6.45) is 3.48. The molecule has 1 saturated carbocycles. The number of aliphatic hydroxyl groups excluding tert-OH is 1. The lowest BCUT2D eigenvalue weighted by atomic mass is 9.92. The summed E-state index contributed by atoms with van der Waals surface area (Å²) in [4.78, 5) is 11.2. The van der Waals surface area contributed by atoms with Gasteiger partial charge < -0.3 is 15.7 Å². The summed E-state index contributed by atoms with van der Waals surface area (Å²) in [5, 5.41) is 15.2. The Morgan fingerprint density at radius 1 is 1.36 bits per heavy atom. The maximum Gasteiger partial charge on any atom is 0.236 e. The third-order valence-corrected chi connectivity index (χ3v) is 2.82. The Balaban J connectivity index is 2.27. The maximum absolute atomic E-state index is 11.2. The lowest BCUT2D eigenvalue weighted by molar-refractivity contribution is -0.122. The number of hydrogen-bond acceptors (Lipinski definition) is 3. The Morgan fingerprint density at radius 2 is 1.93 bits per heavy atom. The molecule has 1 amide bonds. The second-order valence-corrected chi connectivity index (χ2v) is 4.01. The van der Waals surface area contributed by atoms with Crippen molar-refractivity contribution in [3.05, 3.63) is 0 Å². The minimum atomic E-state index is -0.139. The Kier molecular flexibility index (Phi) is 4.35. The highest BCUT2D eigenvalue weighted by Gasteiger charge is 2.22. The van der Waals surface area contributed by atoms with Crippen LogP contribution >= 0.6 is 0 Å². The minimum Gasteiger partial charge on any atom is -0.393 e. The fraction of sp³-hybridized carbons (Fsp3) is 0.900. The molecule has 1 aliphatic rings. The van der Waals surface area contributed by atoms with Crippen LogP contribution in [0.25, 0.3) is 0 Å². The Hall–Kier alpha value is -0.610. The Labute approximate surface area is 85.1 Å². The van der Waals surface area contributed by atoms with E-state index in [9.17, 15) is 9.90 Å². The molecule has 0 spiro atoms. The van der Waals surface area contributed by atoms with Gasteiger partial charge in [0.1, 0.15) is 0 Å². The molecule has 3 N–H and O–H groups in total. The summed E-state index contributed by atoms with van der Waals surface area (Å²) >= 11 is 0. The fourth-order valence-corrected chi connectivity index (χ4v) is 1.89. The van der Waals surface area contributed by atoms with Gasteiger partial charge in [-0.1, -0.05) is 0 Å². The van der Waals surface area contributed by atoms with Crippen molar-refractivity contribution in [3.63, 3.8) is 0 Å². The molecule has 0 aliphatic heterocycles. The Morgan fingerprint density at radius 3 is 2.43 bits per heavy atom. The minimum absolute atomic E-state index is 0.0242. The first kappa shape index (κ1) is 11.5. The van der Waals surface area contributed by atoms with Gasteiger partial charge in [0.05, 0.1) is 12.1 Å². The molecule has 0 aromatic heterocycles. The van der Waals surface area contributed by atoms with Crippen LogP contribution in [0.4, 0.5) is 0 Å². The summed E-state index contributed by atoms with van der Waals surface area (Å²) in [5.74, 6) is 0.0242. The standard InChI is InChI=1S/C10H20N2O2/c1-7(10(14)11-2)12-8-3-5-9(13)6-4-8/h7-9,12-13H,3-6H2,1-2H3,(H,11,14)/t7-,8?,9?/m0/s1. The molecule has 0 bridgehead atoms. The van der Waals surface area contributed by atoms with Crippen LogP contribution in [-0.4, -0.2) is 36.2 Å². The van der Waals surface area contributed by atoms with Crippen molar-refractivity contribution < 1.29 is 9.90 Å². The number of hydrogen-bond donors (Lipinski definition) is 3. The normalized spacial score (nSPS) is 29.6. The van der Waals surface area contributed by atoms with Crippen LogP contribution in [-0.2, 0) is 4.79 Å². The van der Waals surface area contributed by atoms with Crippen LogP contribution in [0.3, 0.4) is 0 Å². The molecule has 0 aromatic carbocycles. The second-order valence-electron chi connectivity index (χ2n) is 4.01. The van der Waals surface area contributed by atoms with E-state index in [-0.39, 0.29) is 18.1 Å². The SMILES string of the molecule is CNC(=O)[C@H](C)NC1CCC(O)CC1. The second kappa shape index (κ2) is 5.32. The highest BCUT2D eigenvalue weighted by molar-refractivity contribution is 5.80. The summed E-state index contributed by atoms with van der Waals surface area (Å²) in [5.41, 5.74) is 0. The van der Waals surface area contributed by atoms with E-state index in [1.807, 2.05) is 6.92 Å². The van der Waals surface area contributed by atoms with Crippen LogP contribution in [0.5, 0.6) is 0 Å². The molecule has 82 valence electrons. The summed E-state index contributed by atoms with van der Waals surface area (Å²) in [7, 11) is 1.64. The zero-order valence-electron chi connectivity index (χ0n) is 8.92. The molecule has 4 nitrogen and oxygen atoms in total. The molecule has 14 heavy (non-hydrogen) atoms. The third-order valence-electron chi connectivity index (χ3n) is 2.82. The van der Waals surface area contributed by atoms with E-state index >= 15 is 0 Å². The van der Waals surface area contributed by atoms with E-state index in [1.165, 1.54) is 0 Å². The van der Waals surface area contributed by atoms with E-state index < -0.39 is 0 Å². The molecule has 1 atom stereocenters. The molecule has 1 rings (SSSR count). The number of rotatable bonds is 3. The number of nitrogens with one attached hydrogen (secondary N) is 2. The molecular weight excluding hydrogens is 180 g/mol. The zero-order chi connectivity index (χ0) is 10.6. The van der Waals surface area contributed by atoms with E-state index in [2.05, 4.69) is 10.6 Å². The van der Waals surface area contributed by atoms with Crippen molar-refractivity contribution in [2.75, 3.05) is 7.05 Å². The number of likely N-dealkylation sites (N-methyl/N-ethyl adjacent to an activating group) is 1. The molecule has 0 heterocycles. The maximum atomic E-state index is 11.2. The van der Waals surface area contributed by atoms with Crippen molar-refractivity contribution in [1.82, 2.24) is 10.6 Å². The van der Waals surface area contributed by atoms with Crippen molar-refractivity contribution in [2.24, 2.45) is 0 Å². The van der Waals surface area contributed by atoms with E-state index in [1.54, 1.807) is 7.05 Å². The molecule has 4 heteroatoms. The third kappa shape index (κ3) is 3.27. The van der Waals surface area contributed by atoms with Gasteiger partial charge in [0.15, 0.2) is 0 Å². The van der Waals surface area contributed by atoms with Crippen molar-refractivity contribution in [2.45, 2.75) is 50.8 Å². The van der Waals surface area contributed by atoms with Crippen LogP contribution in [0.15, 0.2) is 0 Å². The smallest absolute Gasteiger partial charge is 0.236 e. The monoisotopic (exact) mass is 200 g/mol. The number of carbonyl (C=O) groups is 1. The van der Waals surface area contributed by atoms with Gasteiger partial charge >= 0.3 is 0 Å². The number of aliphatic hydroxyl groups is 1. The van der Waals surface area contributed by atoms with Gasteiger partial charge in [0, 0.05) is 13.1 Å².